The minimum atomic E-state index is -4.31. The molecule has 3 aromatic heterocycles. The summed E-state index contributed by atoms with van der Waals surface area (Å²) in [5.74, 6) is -2.09. The summed E-state index contributed by atoms with van der Waals surface area (Å²) in [7, 11) is -1.10. The van der Waals surface area contributed by atoms with Crippen molar-refractivity contribution in [3.8, 4) is 11.6 Å². The highest BCUT2D eigenvalue weighted by Crippen LogP contribution is 2.39. The summed E-state index contributed by atoms with van der Waals surface area (Å²) in [4.78, 5) is 23.9. The summed E-state index contributed by atoms with van der Waals surface area (Å²) < 4.78 is 74.1. The van der Waals surface area contributed by atoms with Crippen LogP contribution in [0.5, 0.6) is 11.6 Å². The monoisotopic (exact) mass is 537 g/mol. The number of ether oxygens (including phenoxy) is 1. The average molecular weight is 538 g/mol. The maximum absolute atomic E-state index is 13.1. The molecule has 0 aliphatic heterocycles. The minimum Gasteiger partial charge on any atom is -0.437 e. The van der Waals surface area contributed by atoms with Crippen LogP contribution < -0.4 is 14.8 Å². The van der Waals surface area contributed by atoms with Crippen molar-refractivity contribution in [1.29, 1.82) is 0 Å². The molecule has 0 saturated heterocycles. The molecule has 2 N–H and O–H groups in total. The van der Waals surface area contributed by atoms with Crippen molar-refractivity contribution in [3.63, 3.8) is 0 Å². The molecular formula is C22H22F3N7O4S. The molecule has 0 bridgehead atoms. The van der Waals surface area contributed by atoms with Gasteiger partial charge in [-0.05, 0) is 37.0 Å². The standard InChI is InChI=1S/C22H22F3N7O4S/c1-26-20(33)17-8-7-15(10-27-17)36-19-9-18(13-3-5-14(6-4-13)22(23,24)25)29-21(30-19)31-37(34,35)16-11-28-32(2)12-16/h3,7-12,14H,4-6H2,1-2H3,(H,26,33)(H,29,30,31). The number of rotatable bonds is 7. The zero-order valence-electron chi connectivity index (χ0n) is 19.7. The van der Waals surface area contributed by atoms with E-state index in [4.69, 9.17) is 4.74 Å². The Bertz CT molecular complexity index is 1440. The molecule has 0 radical (unpaired) electrons. The van der Waals surface area contributed by atoms with Gasteiger partial charge in [0.2, 0.25) is 11.8 Å². The predicted molar refractivity (Wildman–Crippen MR) is 125 cm³/mol. The highest BCUT2D eigenvalue weighted by molar-refractivity contribution is 7.92. The van der Waals surface area contributed by atoms with Gasteiger partial charge in [0.25, 0.3) is 15.9 Å². The van der Waals surface area contributed by atoms with Crippen LogP contribution in [-0.2, 0) is 17.1 Å². The van der Waals surface area contributed by atoms with Gasteiger partial charge in [0.1, 0.15) is 16.3 Å². The van der Waals surface area contributed by atoms with E-state index in [-0.39, 0.29) is 53.1 Å². The molecule has 1 aliphatic carbocycles. The van der Waals surface area contributed by atoms with Gasteiger partial charge in [-0.3, -0.25) is 9.48 Å². The molecule has 37 heavy (non-hydrogen) atoms. The Labute approximate surface area is 209 Å². The van der Waals surface area contributed by atoms with Gasteiger partial charge in [-0.2, -0.15) is 23.3 Å². The number of aryl methyl sites for hydroxylation is 1. The second kappa shape index (κ2) is 10.2. The lowest BCUT2D eigenvalue weighted by Gasteiger charge is -2.24. The van der Waals surface area contributed by atoms with Crippen molar-refractivity contribution in [2.24, 2.45) is 13.0 Å². The van der Waals surface area contributed by atoms with E-state index < -0.39 is 28.0 Å². The smallest absolute Gasteiger partial charge is 0.392 e. The Kier molecular flexibility index (Phi) is 7.16. The summed E-state index contributed by atoms with van der Waals surface area (Å²) in [6.07, 6.45) is 0.566. The van der Waals surface area contributed by atoms with Gasteiger partial charge in [-0.25, -0.2) is 23.1 Å². The van der Waals surface area contributed by atoms with Crippen LogP contribution in [0.15, 0.2) is 47.8 Å². The molecule has 4 rings (SSSR count). The van der Waals surface area contributed by atoms with Gasteiger partial charge >= 0.3 is 6.18 Å². The van der Waals surface area contributed by atoms with Crippen LogP contribution in [0.4, 0.5) is 19.1 Å². The van der Waals surface area contributed by atoms with E-state index in [1.165, 1.54) is 48.4 Å². The predicted octanol–water partition coefficient (Wildman–Crippen LogP) is 3.30. The highest BCUT2D eigenvalue weighted by Gasteiger charge is 2.40. The molecule has 0 spiro atoms. The average Bonchev–Trinajstić information content (AvgIpc) is 3.30. The van der Waals surface area contributed by atoms with Gasteiger partial charge in [-0.1, -0.05) is 6.08 Å². The van der Waals surface area contributed by atoms with Crippen LogP contribution >= 0.6 is 0 Å². The molecule has 1 unspecified atom stereocenters. The van der Waals surface area contributed by atoms with E-state index in [1.54, 1.807) is 7.05 Å². The van der Waals surface area contributed by atoms with Crippen molar-refractivity contribution in [2.75, 3.05) is 11.8 Å². The Hall–Kier alpha value is -4.01. The van der Waals surface area contributed by atoms with E-state index in [0.29, 0.717) is 5.57 Å². The van der Waals surface area contributed by atoms with E-state index >= 15 is 0 Å². The van der Waals surface area contributed by atoms with Crippen LogP contribution in [0.3, 0.4) is 0 Å². The number of halogens is 3. The van der Waals surface area contributed by atoms with Crippen LogP contribution in [0.2, 0.25) is 0 Å². The number of alkyl halides is 3. The fraction of sp³-hybridized carbons (Fsp3) is 0.318. The van der Waals surface area contributed by atoms with Gasteiger partial charge in [0.05, 0.1) is 24.0 Å². The molecule has 3 aromatic rings. The number of pyridine rings is 1. The van der Waals surface area contributed by atoms with Gasteiger partial charge < -0.3 is 10.1 Å². The number of carbonyl (C=O) groups is 1. The first-order valence-corrected chi connectivity index (χ1v) is 12.5. The van der Waals surface area contributed by atoms with Crippen molar-refractivity contribution >= 4 is 27.5 Å². The first-order chi connectivity index (χ1) is 17.4. The first-order valence-electron chi connectivity index (χ1n) is 11.0. The number of hydrogen-bond donors (Lipinski definition) is 2. The number of nitrogens with zero attached hydrogens (tertiary/aromatic N) is 5. The lowest BCUT2D eigenvalue weighted by atomic mass is 9.88. The molecule has 0 aromatic carbocycles. The molecule has 11 nitrogen and oxygen atoms in total. The Morgan fingerprint density at radius 1 is 1.22 bits per heavy atom. The SMILES string of the molecule is CNC(=O)c1ccc(Oc2cc(C3=CCC(C(F)(F)F)CC3)nc(NS(=O)(=O)c3cnn(C)c3)n2)cn1. The van der Waals surface area contributed by atoms with Crippen LogP contribution in [-0.4, -0.2) is 52.3 Å². The number of hydrogen-bond acceptors (Lipinski definition) is 8. The number of nitrogens with one attached hydrogen (secondary N) is 2. The number of allylic oxidation sites excluding steroid dienone is 2. The van der Waals surface area contributed by atoms with E-state index in [2.05, 4.69) is 30.1 Å². The fourth-order valence-electron chi connectivity index (χ4n) is 3.59. The third-order valence-electron chi connectivity index (χ3n) is 5.54. The van der Waals surface area contributed by atoms with Crippen molar-refractivity contribution < 1.29 is 31.1 Å². The number of anilines is 1. The summed E-state index contributed by atoms with van der Waals surface area (Å²) in [6.45, 7) is 0. The maximum Gasteiger partial charge on any atom is 0.392 e. The van der Waals surface area contributed by atoms with Crippen molar-refractivity contribution in [1.82, 2.24) is 30.0 Å². The maximum atomic E-state index is 13.1. The molecule has 0 fully saturated rings. The molecule has 1 aliphatic rings. The first kappa shape index (κ1) is 26.1. The Morgan fingerprint density at radius 3 is 2.57 bits per heavy atom. The summed E-state index contributed by atoms with van der Waals surface area (Å²) in [5.41, 5.74) is 0.863. The number of sulfonamides is 1. The van der Waals surface area contributed by atoms with Gasteiger partial charge in [0, 0.05) is 26.4 Å². The van der Waals surface area contributed by atoms with Crippen molar-refractivity contribution in [2.45, 2.75) is 30.3 Å². The van der Waals surface area contributed by atoms with Crippen LogP contribution in [0.1, 0.15) is 35.4 Å². The zero-order chi connectivity index (χ0) is 26.8. The second-order valence-electron chi connectivity index (χ2n) is 8.17. The lowest BCUT2D eigenvalue weighted by molar-refractivity contribution is -0.175. The molecule has 0 saturated carbocycles. The third-order valence-corrected chi connectivity index (χ3v) is 6.82. The number of amides is 1. The van der Waals surface area contributed by atoms with E-state index in [9.17, 15) is 26.4 Å². The molecular weight excluding hydrogens is 515 g/mol. The molecule has 3 heterocycles. The Morgan fingerprint density at radius 2 is 2.00 bits per heavy atom. The number of carbonyl (C=O) groups excluding carboxylic acids is 1. The molecule has 1 atom stereocenters. The third kappa shape index (κ3) is 6.22. The largest absolute Gasteiger partial charge is 0.437 e. The Balaban J connectivity index is 1.66. The summed E-state index contributed by atoms with van der Waals surface area (Å²) in [6, 6.07) is 4.28. The van der Waals surface area contributed by atoms with Gasteiger partial charge in [0.15, 0.2) is 0 Å². The second-order valence-corrected chi connectivity index (χ2v) is 9.86. The summed E-state index contributed by atoms with van der Waals surface area (Å²) in [5, 5.41) is 6.28. The quantitative estimate of drug-likeness (QED) is 0.468. The lowest BCUT2D eigenvalue weighted by Crippen LogP contribution is -2.24. The van der Waals surface area contributed by atoms with E-state index in [0.717, 1.165) is 6.20 Å². The molecule has 1 amide bonds. The zero-order valence-corrected chi connectivity index (χ0v) is 20.5. The van der Waals surface area contributed by atoms with Crippen LogP contribution in [0.25, 0.3) is 5.57 Å². The van der Waals surface area contributed by atoms with E-state index in [1.807, 2.05) is 0 Å². The number of aromatic nitrogens is 5. The highest BCUT2D eigenvalue weighted by atomic mass is 32.2. The normalized spacial score (nSPS) is 16.1. The molecule has 15 heteroatoms. The fourth-order valence-corrected chi connectivity index (χ4v) is 4.52. The summed E-state index contributed by atoms with van der Waals surface area (Å²) >= 11 is 0. The molecule has 196 valence electrons. The van der Waals surface area contributed by atoms with Gasteiger partial charge in [-0.15, -0.1) is 0 Å². The topological polar surface area (TPSA) is 141 Å². The van der Waals surface area contributed by atoms with Crippen molar-refractivity contribution in [3.05, 3.63) is 54.3 Å². The minimum absolute atomic E-state index is 0.0812. The van der Waals surface area contributed by atoms with Crippen LogP contribution in [0, 0.1) is 5.92 Å².